The zero-order valence-corrected chi connectivity index (χ0v) is 11.8. The van der Waals surface area contributed by atoms with E-state index in [0.717, 1.165) is 6.42 Å². The normalized spacial score (nSPS) is 10.6. The molecule has 0 aliphatic heterocycles. The number of anilines is 1. The fourth-order valence-electron chi connectivity index (χ4n) is 1.45. The zero-order valence-electron chi connectivity index (χ0n) is 11.0. The highest BCUT2D eigenvalue weighted by atomic mass is 32.2. The maximum atomic E-state index is 11.8. The lowest BCUT2D eigenvalue weighted by Crippen LogP contribution is -2.17. The predicted molar refractivity (Wildman–Crippen MR) is 77.3 cm³/mol. The van der Waals surface area contributed by atoms with Gasteiger partial charge in [0.2, 0.25) is 10.0 Å². The lowest BCUT2D eigenvalue weighted by Gasteiger charge is -2.09. The van der Waals surface area contributed by atoms with Crippen LogP contribution in [0.4, 0.5) is 5.69 Å². The van der Waals surface area contributed by atoms with Crippen molar-refractivity contribution in [2.24, 2.45) is 0 Å². The van der Waals surface area contributed by atoms with E-state index in [9.17, 15) is 8.42 Å². The lowest BCUT2D eigenvalue weighted by molar-refractivity contribution is 0.305. The van der Waals surface area contributed by atoms with Gasteiger partial charge in [0.1, 0.15) is 0 Å². The zero-order chi connectivity index (χ0) is 14.1. The molecule has 0 amide bonds. The molecule has 4 nitrogen and oxygen atoms in total. The van der Waals surface area contributed by atoms with E-state index in [1.807, 2.05) is 6.92 Å². The van der Waals surface area contributed by atoms with Crippen molar-refractivity contribution < 1.29 is 13.5 Å². The van der Waals surface area contributed by atoms with Gasteiger partial charge in [-0.25, -0.2) is 8.42 Å². The van der Waals surface area contributed by atoms with Crippen molar-refractivity contribution in [3.63, 3.8) is 0 Å². The Balaban J connectivity index is 2.87. The summed E-state index contributed by atoms with van der Waals surface area (Å²) in [6, 6.07) is 7.00. The summed E-state index contributed by atoms with van der Waals surface area (Å²) in [5.74, 6) is 5.75. The van der Waals surface area contributed by atoms with E-state index >= 15 is 0 Å². The Morgan fingerprint density at radius 2 is 2.05 bits per heavy atom. The second-order valence-corrected chi connectivity index (χ2v) is 5.94. The minimum atomic E-state index is -3.32. The summed E-state index contributed by atoms with van der Waals surface area (Å²) in [6.07, 6.45) is 1.84. The van der Waals surface area contributed by atoms with Crippen LogP contribution in [0, 0.1) is 11.8 Å². The molecule has 0 spiro atoms. The molecule has 0 bridgehead atoms. The van der Waals surface area contributed by atoms with Crippen molar-refractivity contribution in [3.05, 3.63) is 29.8 Å². The van der Waals surface area contributed by atoms with Gasteiger partial charge in [0, 0.05) is 12.0 Å². The second kappa shape index (κ2) is 7.82. The van der Waals surface area contributed by atoms with Crippen molar-refractivity contribution >= 4 is 15.7 Å². The number of sulfonamides is 1. The van der Waals surface area contributed by atoms with E-state index in [4.69, 9.17) is 5.11 Å². The number of unbranched alkanes of at least 4 members (excludes halogenated alkanes) is 1. The second-order valence-electron chi connectivity index (χ2n) is 4.10. The topological polar surface area (TPSA) is 66.4 Å². The van der Waals surface area contributed by atoms with Crippen molar-refractivity contribution in [2.75, 3.05) is 17.1 Å². The quantitative estimate of drug-likeness (QED) is 0.783. The highest BCUT2D eigenvalue weighted by molar-refractivity contribution is 7.92. The molecule has 1 aromatic carbocycles. The molecule has 0 aliphatic rings. The molecule has 1 aromatic rings. The third kappa shape index (κ3) is 5.77. The highest BCUT2D eigenvalue weighted by Gasteiger charge is 2.11. The van der Waals surface area contributed by atoms with Crippen LogP contribution >= 0.6 is 0 Å². The van der Waals surface area contributed by atoms with Crippen molar-refractivity contribution in [1.82, 2.24) is 0 Å². The maximum absolute atomic E-state index is 11.8. The van der Waals surface area contributed by atoms with E-state index in [2.05, 4.69) is 16.6 Å². The summed E-state index contributed by atoms with van der Waals surface area (Å²) in [5, 5.41) is 8.68. The molecule has 0 saturated carbocycles. The first-order chi connectivity index (χ1) is 9.09. The molecule has 2 N–H and O–H groups in total. The third-order valence-electron chi connectivity index (χ3n) is 2.42. The number of aliphatic hydroxyl groups is 1. The van der Waals surface area contributed by atoms with E-state index in [1.54, 1.807) is 24.3 Å². The van der Waals surface area contributed by atoms with Gasteiger partial charge >= 0.3 is 0 Å². The van der Waals surface area contributed by atoms with Crippen LogP contribution in [0.2, 0.25) is 0 Å². The first kappa shape index (κ1) is 15.5. The molecule has 0 heterocycles. The smallest absolute Gasteiger partial charge is 0.232 e. The molecule has 104 valence electrons. The summed E-state index contributed by atoms with van der Waals surface area (Å²) in [6.45, 7) is 1.95. The number of para-hydroxylation sites is 1. The number of hydrogen-bond donors (Lipinski definition) is 2. The first-order valence-corrected chi connectivity index (χ1v) is 7.93. The summed E-state index contributed by atoms with van der Waals surface area (Å²) >= 11 is 0. The van der Waals surface area contributed by atoms with Crippen LogP contribution in [0.5, 0.6) is 0 Å². The van der Waals surface area contributed by atoms with Crippen molar-refractivity contribution in [2.45, 2.75) is 26.2 Å². The number of nitrogens with one attached hydrogen (secondary N) is 1. The van der Waals surface area contributed by atoms with Gasteiger partial charge < -0.3 is 5.11 Å². The van der Waals surface area contributed by atoms with Crippen LogP contribution < -0.4 is 4.72 Å². The summed E-state index contributed by atoms with van der Waals surface area (Å²) in [4.78, 5) is 0. The Morgan fingerprint density at radius 1 is 1.32 bits per heavy atom. The van der Waals surface area contributed by atoms with Gasteiger partial charge in [-0.15, -0.1) is 0 Å². The van der Waals surface area contributed by atoms with Crippen LogP contribution in [-0.4, -0.2) is 25.9 Å². The van der Waals surface area contributed by atoms with Gasteiger partial charge in [0.05, 0.1) is 18.0 Å². The Hall–Kier alpha value is -1.51. The molecule has 0 fully saturated rings. The largest absolute Gasteiger partial charge is 0.395 e. The summed E-state index contributed by atoms with van der Waals surface area (Å²) in [5.41, 5.74) is 1.11. The van der Waals surface area contributed by atoms with Crippen molar-refractivity contribution in [3.8, 4) is 11.8 Å². The fraction of sp³-hybridized carbons (Fsp3) is 0.429. The minimum absolute atomic E-state index is 0.00259. The fourth-order valence-corrected chi connectivity index (χ4v) is 2.73. The first-order valence-electron chi connectivity index (χ1n) is 6.28. The van der Waals surface area contributed by atoms with Crippen LogP contribution in [0.3, 0.4) is 0 Å². The predicted octanol–water partition coefficient (Wildman–Crippen LogP) is 1.96. The molecule has 0 saturated heterocycles. The van der Waals surface area contributed by atoms with Gasteiger partial charge in [0.15, 0.2) is 0 Å². The van der Waals surface area contributed by atoms with Gasteiger partial charge in [-0.2, -0.15) is 0 Å². The maximum Gasteiger partial charge on any atom is 0.232 e. The molecule has 0 radical (unpaired) electrons. The molecule has 0 atom stereocenters. The van der Waals surface area contributed by atoms with Gasteiger partial charge in [-0.3, -0.25) is 4.72 Å². The molecule has 5 heteroatoms. The van der Waals surface area contributed by atoms with Crippen LogP contribution in [-0.2, 0) is 10.0 Å². The van der Waals surface area contributed by atoms with Gasteiger partial charge in [0.25, 0.3) is 0 Å². The Morgan fingerprint density at radius 3 is 2.74 bits per heavy atom. The Kier molecular flexibility index (Phi) is 6.40. The van der Waals surface area contributed by atoms with Gasteiger partial charge in [-0.1, -0.05) is 37.3 Å². The molecular formula is C14H19NO3S. The van der Waals surface area contributed by atoms with E-state index < -0.39 is 10.0 Å². The average Bonchev–Trinajstić information content (AvgIpc) is 2.38. The molecule has 0 aromatic heterocycles. The molecule has 1 rings (SSSR count). The molecule has 19 heavy (non-hydrogen) atoms. The minimum Gasteiger partial charge on any atom is -0.395 e. The number of benzene rings is 1. The highest BCUT2D eigenvalue weighted by Crippen LogP contribution is 2.16. The Bertz CT molecular complexity index is 556. The summed E-state index contributed by atoms with van der Waals surface area (Å²) < 4.78 is 26.2. The lowest BCUT2D eigenvalue weighted by atomic mass is 10.2. The van der Waals surface area contributed by atoms with Crippen LogP contribution in [0.25, 0.3) is 0 Å². The van der Waals surface area contributed by atoms with E-state index in [0.29, 0.717) is 24.1 Å². The van der Waals surface area contributed by atoms with Gasteiger partial charge in [-0.05, 0) is 18.6 Å². The Labute approximate surface area is 114 Å². The van der Waals surface area contributed by atoms with E-state index in [-0.39, 0.29) is 12.4 Å². The van der Waals surface area contributed by atoms with Crippen LogP contribution in [0.1, 0.15) is 31.7 Å². The van der Waals surface area contributed by atoms with Crippen molar-refractivity contribution in [1.29, 1.82) is 0 Å². The molecule has 0 aliphatic carbocycles. The standard InChI is InChI=1S/C14H19NO3S/c1-2-3-12-19(17,18)15-14-10-5-4-8-13(14)9-6-7-11-16/h4-5,8,10,15-16H,2-3,7,11-12H2,1H3. The monoisotopic (exact) mass is 281 g/mol. The average molecular weight is 281 g/mol. The summed E-state index contributed by atoms with van der Waals surface area (Å²) in [7, 11) is -3.32. The number of aliphatic hydroxyl groups excluding tert-OH is 1. The van der Waals surface area contributed by atoms with E-state index in [1.165, 1.54) is 0 Å². The third-order valence-corrected chi connectivity index (χ3v) is 3.78. The molecular weight excluding hydrogens is 262 g/mol. The number of hydrogen-bond acceptors (Lipinski definition) is 3. The SMILES string of the molecule is CCCCS(=O)(=O)Nc1ccccc1C#CCCO. The molecule has 0 unspecified atom stereocenters. The number of rotatable bonds is 6. The van der Waals surface area contributed by atoms with Crippen LogP contribution in [0.15, 0.2) is 24.3 Å².